The summed E-state index contributed by atoms with van der Waals surface area (Å²) in [5, 5.41) is 3.23. The van der Waals surface area contributed by atoms with E-state index >= 15 is 0 Å². The normalized spacial score (nSPS) is 27.9. The molecule has 0 bridgehead atoms. The largest absolute Gasteiger partial charge is 0.369 e. The minimum Gasteiger partial charge on any atom is -0.369 e. The Morgan fingerprint density at radius 2 is 2.21 bits per heavy atom. The Balaban J connectivity index is 2.29. The zero-order chi connectivity index (χ0) is 10.6. The number of nitrogens with one attached hydrogen (secondary N) is 1. The van der Waals surface area contributed by atoms with Gasteiger partial charge in [-0.05, 0) is 24.7 Å². The van der Waals surface area contributed by atoms with Gasteiger partial charge in [0.1, 0.15) is 0 Å². The minimum absolute atomic E-state index is 0.253. The molecule has 1 aliphatic rings. The quantitative estimate of drug-likeness (QED) is 0.715. The average Bonchev–Trinajstić information content (AvgIpc) is 2.15. The van der Waals surface area contributed by atoms with Gasteiger partial charge in [-0.25, -0.2) is 0 Å². The van der Waals surface area contributed by atoms with E-state index in [9.17, 15) is 4.79 Å². The number of carbonyl (C=O) groups excluding carboxylic acids is 1. The van der Waals surface area contributed by atoms with Gasteiger partial charge in [-0.1, -0.05) is 26.7 Å². The lowest BCUT2D eigenvalue weighted by Crippen LogP contribution is -2.40. The Hall–Kier alpha value is -0.570. The first-order valence-corrected chi connectivity index (χ1v) is 5.61. The Morgan fingerprint density at radius 3 is 2.79 bits per heavy atom. The van der Waals surface area contributed by atoms with Gasteiger partial charge in [0.25, 0.3) is 0 Å². The predicted molar refractivity (Wildman–Crippen MR) is 57.8 cm³/mol. The Labute approximate surface area is 86.4 Å². The summed E-state index contributed by atoms with van der Waals surface area (Å²) in [6.07, 6.45) is 5.01. The van der Waals surface area contributed by atoms with Crippen LogP contribution in [0.2, 0.25) is 0 Å². The van der Waals surface area contributed by atoms with Crippen LogP contribution >= 0.6 is 0 Å². The summed E-state index contributed by atoms with van der Waals surface area (Å²) in [6, 6.07) is 0.503. The van der Waals surface area contributed by atoms with E-state index in [1.807, 2.05) is 0 Å². The molecule has 1 saturated carbocycles. The summed E-state index contributed by atoms with van der Waals surface area (Å²) in [4.78, 5) is 10.6. The van der Waals surface area contributed by atoms with Gasteiger partial charge in [-0.15, -0.1) is 0 Å². The van der Waals surface area contributed by atoms with Crippen LogP contribution < -0.4 is 11.1 Å². The van der Waals surface area contributed by atoms with Crippen LogP contribution in [-0.4, -0.2) is 18.5 Å². The van der Waals surface area contributed by atoms with Gasteiger partial charge in [-0.3, -0.25) is 4.79 Å². The van der Waals surface area contributed by atoms with Crippen LogP contribution in [-0.2, 0) is 4.79 Å². The van der Waals surface area contributed by atoms with Crippen LogP contribution in [0.3, 0.4) is 0 Å². The molecular formula is C11H22N2O. The second kappa shape index (κ2) is 5.35. The molecule has 0 heterocycles. The van der Waals surface area contributed by atoms with E-state index in [1.54, 1.807) is 0 Å². The van der Waals surface area contributed by atoms with Crippen LogP contribution in [0.5, 0.6) is 0 Å². The standard InChI is InChI=1S/C11H22N2O/c1-8(2)9-4-3-5-10(6-9)13-7-11(12)14/h8-10,13H,3-7H2,1-2H3,(H2,12,14). The molecule has 0 aliphatic heterocycles. The van der Waals surface area contributed by atoms with Crippen molar-refractivity contribution < 1.29 is 4.79 Å². The van der Waals surface area contributed by atoms with Gasteiger partial charge in [0, 0.05) is 6.04 Å². The van der Waals surface area contributed by atoms with Gasteiger partial charge in [-0.2, -0.15) is 0 Å². The molecule has 0 spiro atoms. The molecule has 2 atom stereocenters. The number of primary amides is 1. The lowest BCUT2D eigenvalue weighted by atomic mass is 9.79. The van der Waals surface area contributed by atoms with E-state index in [4.69, 9.17) is 5.73 Å². The summed E-state index contributed by atoms with van der Waals surface area (Å²) in [5.41, 5.74) is 5.10. The van der Waals surface area contributed by atoms with Crippen molar-refractivity contribution in [3.63, 3.8) is 0 Å². The maximum Gasteiger partial charge on any atom is 0.231 e. The minimum atomic E-state index is -0.253. The summed E-state index contributed by atoms with van der Waals surface area (Å²) in [6.45, 7) is 4.89. The first kappa shape index (κ1) is 11.5. The highest BCUT2D eigenvalue weighted by Crippen LogP contribution is 2.29. The van der Waals surface area contributed by atoms with Crippen molar-refractivity contribution >= 4 is 5.91 Å². The predicted octanol–water partition coefficient (Wildman–Crippen LogP) is 1.28. The van der Waals surface area contributed by atoms with Crippen molar-refractivity contribution in [2.75, 3.05) is 6.54 Å². The SMILES string of the molecule is CC(C)C1CCCC(NCC(N)=O)C1. The molecule has 0 radical (unpaired) electrons. The van der Waals surface area contributed by atoms with Crippen molar-refractivity contribution in [1.82, 2.24) is 5.32 Å². The number of carbonyl (C=O) groups is 1. The van der Waals surface area contributed by atoms with Gasteiger partial charge in [0.05, 0.1) is 6.54 Å². The van der Waals surface area contributed by atoms with Crippen molar-refractivity contribution in [3.05, 3.63) is 0 Å². The average molecular weight is 198 g/mol. The maximum atomic E-state index is 10.6. The van der Waals surface area contributed by atoms with E-state index in [1.165, 1.54) is 25.7 Å². The van der Waals surface area contributed by atoms with Gasteiger partial charge >= 0.3 is 0 Å². The molecule has 0 aromatic carbocycles. The molecule has 3 heteroatoms. The molecule has 0 saturated heterocycles. The van der Waals surface area contributed by atoms with Crippen LogP contribution in [0.4, 0.5) is 0 Å². The van der Waals surface area contributed by atoms with Gasteiger partial charge < -0.3 is 11.1 Å². The molecule has 3 nitrogen and oxygen atoms in total. The molecule has 1 rings (SSSR count). The van der Waals surface area contributed by atoms with E-state index in [0.29, 0.717) is 12.6 Å². The van der Waals surface area contributed by atoms with Crippen LogP contribution in [0.15, 0.2) is 0 Å². The van der Waals surface area contributed by atoms with Crippen molar-refractivity contribution in [3.8, 4) is 0 Å². The lowest BCUT2D eigenvalue weighted by molar-refractivity contribution is -0.117. The third-order valence-electron chi connectivity index (χ3n) is 3.22. The summed E-state index contributed by atoms with van der Waals surface area (Å²) in [7, 11) is 0. The van der Waals surface area contributed by atoms with Crippen molar-refractivity contribution in [2.45, 2.75) is 45.6 Å². The van der Waals surface area contributed by atoms with Crippen molar-refractivity contribution in [2.24, 2.45) is 17.6 Å². The van der Waals surface area contributed by atoms with Gasteiger partial charge in [0.15, 0.2) is 0 Å². The molecule has 14 heavy (non-hydrogen) atoms. The molecule has 0 aromatic rings. The number of amides is 1. The zero-order valence-electron chi connectivity index (χ0n) is 9.25. The Bertz CT molecular complexity index is 192. The second-order valence-corrected chi connectivity index (χ2v) is 4.71. The lowest BCUT2D eigenvalue weighted by Gasteiger charge is -2.31. The summed E-state index contributed by atoms with van der Waals surface area (Å²) < 4.78 is 0. The summed E-state index contributed by atoms with van der Waals surface area (Å²) >= 11 is 0. The highest BCUT2D eigenvalue weighted by Gasteiger charge is 2.23. The third-order valence-corrected chi connectivity index (χ3v) is 3.22. The fourth-order valence-electron chi connectivity index (χ4n) is 2.26. The molecule has 1 amide bonds. The van der Waals surface area contributed by atoms with Crippen molar-refractivity contribution in [1.29, 1.82) is 0 Å². The van der Waals surface area contributed by atoms with E-state index in [0.717, 1.165) is 11.8 Å². The van der Waals surface area contributed by atoms with E-state index < -0.39 is 0 Å². The molecule has 0 aromatic heterocycles. The Morgan fingerprint density at radius 1 is 1.50 bits per heavy atom. The molecular weight excluding hydrogens is 176 g/mol. The first-order valence-electron chi connectivity index (χ1n) is 5.61. The van der Waals surface area contributed by atoms with E-state index in [2.05, 4.69) is 19.2 Å². The first-order chi connectivity index (χ1) is 6.59. The smallest absolute Gasteiger partial charge is 0.231 e. The Kier molecular flexibility index (Phi) is 4.39. The molecule has 82 valence electrons. The molecule has 1 aliphatic carbocycles. The molecule has 2 unspecified atom stereocenters. The third kappa shape index (κ3) is 3.66. The number of rotatable bonds is 4. The highest BCUT2D eigenvalue weighted by molar-refractivity contribution is 5.75. The maximum absolute atomic E-state index is 10.6. The highest BCUT2D eigenvalue weighted by atomic mass is 16.1. The van der Waals surface area contributed by atoms with E-state index in [-0.39, 0.29) is 5.91 Å². The van der Waals surface area contributed by atoms with Crippen LogP contribution in [0.1, 0.15) is 39.5 Å². The zero-order valence-corrected chi connectivity index (χ0v) is 9.25. The number of nitrogens with two attached hydrogens (primary N) is 1. The number of hydrogen-bond acceptors (Lipinski definition) is 2. The monoisotopic (exact) mass is 198 g/mol. The van der Waals surface area contributed by atoms with Gasteiger partial charge in [0.2, 0.25) is 5.91 Å². The van der Waals surface area contributed by atoms with Crippen LogP contribution in [0, 0.1) is 11.8 Å². The van der Waals surface area contributed by atoms with Crippen LogP contribution in [0.25, 0.3) is 0 Å². The fourth-order valence-corrected chi connectivity index (χ4v) is 2.26. The topological polar surface area (TPSA) is 55.1 Å². The number of hydrogen-bond donors (Lipinski definition) is 2. The fraction of sp³-hybridized carbons (Fsp3) is 0.909. The summed E-state index contributed by atoms with van der Waals surface area (Å²) in [5.74, 6) is 1.32. The molecule has 3 N–H and O–H groups in total. The second-order valence-electron chi connectivity index (χ2n) is 4.71. The molecule has 1 fully saturated rings.